The molecule has 0 saturated carbocycles. The van der Waals surface area contributed by atoms with E-state index in [-0.39, 0.29) is 11.0 Å². The molecule has 1 aromatic heterocycles. The Morgan fingerprint density at radius 2 is 1.95 bits per heavy atom. The van der Waals surface area contributed by atoms with E-state index in [1.54, 1.807) is 19.5 Å². The lowest BCUT2D eigenvalue weighted by Gasteiger charge is -2.14. The van der Waals surface area contributed by atoms with Crippen molar-refractivity contribution in [3.63, 3.8) is 0 Å². The molecule has 0 bridgehead atoms. The molecule has 0 aliphatic rings. The van der Waals surface area contributed by atoms with Gasteiger partial charge in [-0.25, -0.2) is 0 Å². The average Bonchev–Trinajstić information content (AvgIpc) is 2.55. The van der Waals surface area contributed by atoms with Gasteiger partial charge in [0.05, 0.1) is 7.11 Å². The quantitative estimate of drug-likeness (QED) is 0.785. The second-order valence-corrected chi connectivity index (χ2v) is 6.46. The van der Waals surface area contributed by atoms with Gasteiger partial charge in [0.25, 0.3) is 0 Å². The molecule has 116 valence electrons. The lowest BCUT2D eigenvalue weighted by Crippen LogP contribution is -2.02. The first-order valence-electron chi connectivity index (χ1n) is 7.39. The van der Waals surface area contributed by atoms with E-state index in [1.165, 1.54) is 11.8 Å². The van der Waals surface area contributed by atoms with Gasteiger partial charge in [0.15, 0.2) is 5.12 Å². The van der Waals surface area contributed by atoms with Crippen LogP contribution in [0.5, 0.6) is 5.75 Å². The van der Waals surface area contributed by atoms with Crippen molar-refractivity contribution >= 4 is 16.9 Å². The van der Waals surface area contributed by atoms with Gasteiger partial charge in [-0.15, -0.1) is 0 Å². The fourth-order valence-corrected chi connectivity index (χ4v) is 3.01. The maximum atomic E-state index is 11.9. The first-order chi connectivity index (χ1) is 10.6. The summed E-state index contributed by atoms with van der Waals surface area (Å²) in [6.45, 7) is 4.08. The molecule has 1 aromatic carbocycles. The fourth-order valence-electron chi connectivity index (χ4n) is 2.32. The molecule has 0 fully saturated rings. The Kier molecular flexibility index (Phi) is 6.01. The molecule has 0 unspecified atom stereocenters. The second kappa shape index (κ2) is 7.99. The summed E-state index contributed by atoms with van der Waals surface area (Å²) in [5.41, 5.74) is 3.30. The van der Waals surface area contributed by atoms with Crippen LogP contribution in [-0.4, -0.2) is 23.0 Å². The van der Waals surface area contributed by atoms with Crippen molar-refractivity contribution in [1.29, 1.82) is 0 Å². The lowest BCUT2D eigenvalue weighted by atomic mass is 9.94. The van der Waals surface area contributed by atoms with E-state index in [0.717, 1.165) is 28.2 Å². The molecular formula is C18H21NO2S. The molecule has 2 aromatic rings. The predicted molar refractivity (Wildman–Crippen MR) is 92.4 cm³/mol. The smallest absolute Gasteiger partial charge is 0.189 e. The summed E-state index contributed by atoms with van der Waals surface area (Å²) in [4.78, 5) is 15.9. The number of thioether (sulfide) groups is 1. The molecule has 0 N–H and O–H groups in total. The minimum atomic E-state index is 0.169. The Bertz CT molecular complexity index is 628. The molecular weight excluding hydrogens is 294 g/mol. The number of rotatable bonds is 6. The van der Waals surface area contributed by atoms with E-state index >= 15 is 0 Å². The SMILES string of the molecule is CCSC(=O)C[C@@H](C)c1cc(OC)cc(-c2ccncc2)c1. The van der Waals surface area contributed by atoms with Crippen molar-refractivity contribution < 1.29 is 9.53 Å². The summed E-state index contributed by atoms with van der Waals surface area (Å²) in [6.07, 6.45) is 4.10. The Morgan fingerprint density at radius 3 is 2.59 bits per heavy atom. The van der Waals surface area contributed by atoms with Crippen LogP contribution in [0.3, 0.4) is 0 Å². The van der Waals surface area contributed by atoms with Crippen LogP contribution in [-0.2, 0) is 4.79 Å². The normalized spacial score (nSPS) is 12.0. The zero-order chi connectivity index (χ0) is 15.9. The average molecular weight is 315 g/mol. The summed E-state index contributed by atoms with van der Waals surface area (Å²) < 4.78 is 5.41. The van der Waals surface area contributed by atoms with Gasteiger partial charge >= 0.3 is 0 Å². The first kappa shape index (κ1) is 16.6. The molecule has 0 aliphatic heterocycles. The lowest BCUT2D eigenvalue weighted by molar-refractivity contribution is -0.111. The van der Waals surface area contributed by atoms with E-state index in [1.807, 2.05) is 31.2 Å². The van der Waals surface area contributed by atoms with Crippen LogP contribution in [0.25, 0.3) is 11.1 Å². The molecule has 4 heteroatoms. The zero-order valence-corrected chi connectivity index (χ0v) is 14.0. The Labute approximate surface area is 136 Å². The standard InChI is InChI=1S/C18H21NO2S/c1-4-22-18(20)9-13(2)15-10-16(12-17(11-15)21-3)14-5-7-19-8-6-14/h5-8,10-13H,4,9H2,1-3H3/t13-/m1/s1. The molecule has 3 nitrogen and oxygen atoms in total. The minimum absolute atomic E-state index is 0.169. The summed E-state index contributed by atoms with van der Waals surface area (Å²) in [6, 6.07) is 10.1. The monoisotopic (exact) mass is 315 g/mol. The van der Waals surface area contributed by atoms with Crippen LogP contribution in [0, 0.1) is 0 Å². The highest BCUT2D eigenvalue weighted by molar-refractivity contribution is 8.13. The maximum absolute atomic E-state index is 11.9. The van der Waals surface area contributed by atoms with Gasteiger partial charge in [-0.3, -0.25) is 9.78 Å². The molecule has 22 heavy (non-hydrogen) atoms. The highest BCUT2D eigenvalue weighted by Crippen LogP contribution is 2.31. The second-order valence-electron chi connectivity index (χ2n) is 5.14. The van der Waals surface area contributed by atoms with Gasteiger partial charge in [-0.2, -0.15) is 0 Å². The van der Waals surface area contributed by atoms with Crippen LogP contribution in [0.4, 0.5) is 0 Å². The van der Waals surface area contributed by atoms with Crippen molar-refractivity contribution in [2.24, 2.45) is 0 Å². The van der Waals surface area contributed by atoms with E-state index in [2.05, 4.69) is 18.0 Å². The largest absolute Gasteiger partial charge is 0.497 e. The third kappa shape index (κ3) is 4.34. The van der Waals surface area contributed by atoms with Gasteiger partial charge in [0.2, 0.25) is 0 Å². The van der Waals surface area contributed by atoms with Gasteiger partial charge in [-0.05, 0) is 52.6 Å². The molecule has 1 heterocycles. The number of carbonyl (C=O) groups is 1. The Morgan fingerprint density at radius 1 is 1.23 bits per heavy atom. The number of pyridine rings is 1. The van der Waals surface area contributed by atoms with E-state index < -0.39 is 0 Å². The predicted octanol–water partition coefficient (Wildman–Crippen LogP) is 4.53. The number of nitrogens with zero attached hydrogens (tertiary/aromatic N) is 1. The van der Waals surface area contributed by atoms with Gasteiger partial charge in [0, 0.05) is 18.8 Å². The van der Waals surface area contributed by atoms with Gasteiger partial charge < -0.3 is 4.74 Å². The van der Waals surface area contributed by atoms with Crippen LogP contribution in [0.15, 0.2) is 42.7 Å². The molecule has 2 rings (SSSR count). The van der Waals surface area contributed by atoms with Crippen LogP contribution in [0.2, 0.25) is 0 Å². The van der Waals surface area contributed by atoms with Crippen molar-refractivity contribution in [2.45, 2.75) is 26.2 Å². The molecule has 0 spiro atoms. The van der Waals surface area contributed by atoms with Crippen LogP contribution >= 0.6 is 11.8 Å². The highest BCUT2D eigenvalue weighted by Gasteiger charge is 2.14. The molecule has 0 aliphatic carbocycles. The molecule has 1 atom stereocenters. The number of hydrogen-bond donors (Lipinski definition) is 0. The van der Waals surface area contributed by atoms with Crippen molar-refractivity contribution in [1.82, 2.24) is 4.98 Å². The summed E-state index contributed by atoms with van der Waals surface area (Å²) in [5.74, 6) is 1.81. The number of hydrogen-bond acceptors (Lipinski definition) is 4. The molecule has 0 amide bonds. The number of aromatic nitrogens is 1. The van der Waals surface area contributed by atoms with Gasteiger partial charge in [0.1, 0.15) is 5.75 Å². The zero-order valence-electron chi connectivity index (χ0n) is 13.2. The summed E-state index contributed by atoms with van der Waals surface area (Å²) in [5, 5.41) is 0.239. The van der Waals surface area contributed by atoms with Crippen molar-refractivity contribution in [3.05, 3.63) is 48.3 Å². The van der Waals surface area contributed by atoms with E-state index in [9.17, 15) is 4.79 Å². The Balaban J connectivity index is 2.30. The van der Waals surface area contributed by atoms with Crippen molar-refractivity contribution in [3.8, 4) is 16.9 Å². The highest BCUT2D eigenvalue weighted by atomic mass is 32.2. The third-order valence-corrected chi connectivity index (χ3v) is 4.30. The minimum Gasteiger partial charge on any atom is -0.497 e. The first-order valence-corrected chi connectivity index (χ1v) is 8.37. The van der Waals surface area contributed by atoms with Crippen LogP contribution in [0.1, 0.15) is 31.7 Å². The Hall–Kier alpha value is -1.81. The number of methoxy groups -OCH3 is 1. The van der Waals surface area contributed by atoms with Crippen molar-refractivity contribution in [2.75, 3.05) is 12.9 Å². The van der Waals surface area contributed by atoms with Crippen LogP contribution < -0.4 is 4.74 Å². The van der Waals surface area contributed by atoms with Gasteiger partial charge in [-0.1, -0.05) is 31.7 Å². The van der Waals surface area contributed by atoms with E-state index in [4.69, 9.17) is 4.74 Å². The number of benzene rings is 1. The molecule has 0 radical (unpaired) electrons. The number of ether oxygens (including phenoxy) is 1. The summed E-state index contributed by atoms with van der Waals surface area (Å²) in [7, 11) is 1.66. The van der Waals surface area contributed by atoms with E-state index in [0.29, 0.717) is 6.42 Å². The fraction of sp³-hybridized carbons (Fsp3) is 0.333. The summed E-state index contributed by atoms with van der Waals surface area (Å²) >= 11 is 1.39. The number of carbonyl (C=O) groups excluding carboxylic acids is 1. The topological polar surface area (TPSA) is 39.2 Å². The third-order valence-electron chi connectivity index (χ3n) is 3.53. The molecule has 0 saturated heterocycles. The maximum Gasteiger partial charge on any atom is 0.189 e.